The topological polar surface area (TPSA) is 59.9 Å². The number of amides is 1. The molecule has 0 aromatic heterocycles. The standard InChI is InChI=1S/C20H24N2O3/c1-2-3-4-8-15-24-19-13-11-18(12-14-19)22-20(23)25-21-16-17-9-6-5-7-10-17/h5-7,9-14,16H,2-4,8,15H2,1H3,(H,22,23)/b21-16+. The summed E-state index contributed by atoms with van der Waals surface area (Å²) in [5.74, 6) is 0.789. The lowest BCUT2D eigenvalue weighted by molar-refractivity contribution is 0.167. The Labute approximate surface area is 148 Å². The summed E-state index contributed by atoms with van der Waals surface area (Å²) in [6.45, 7) is 2.90. The number of carbonyl (C=O) groups is 1. The molecule has 1 amide bonds. The highest BCUT2D eigenvalue weighted by Gasteiger charge is 2.03. The lowest BCUT2D eigenvalue weighted by Crippen LogP contribution is -2.10. The van der Waals surface area contributed by atoms with E-state index in [9.17, 15) is 4.79 Å². The van der Waals surface area contributed by atoms with Crippen molar-refractivity contribution in [3.63, 3.8) is 0 Å². The van der Waals surface area contributed by atoms with Gasteiger partial charge >= 0.3 is 6.09 Å². The third kappa shape index (κ3) is 7.52. The molecule has 0 radical (unpaired) electrons. The van der Waals surface area contributed by atoms with E-state index in [1.807, 2.05) is 42.5 Å². The average molecular weight is 340 g/mol. The Morgan fingerprint density at radius 1 is 1.04 bits per heavy atom. The lowest BCUT2D eigenvalue weighted by Gasteiger charge is -2.07. The predicted octanol–water partition coefficient (Wildman–Crippen LogP) is 5.23. The van der Waals surface area contributed by atoms with E-state index in [1.54, 1.807) is 12.1 Å². The van der Waals surface area contributed by atoms with E-state index >= 15 is 0 Å². The lowest BCUT2D eigenvalue weighted by atomic mass is 10.2. The Morgan fingerprint density at radius 2 is 1.80 bits per heavy atom. The normalized spacial score (nSPS) is 10.6. The van der Waals surface area contributed by atoms with E-state index in [1.165, 1.54) is 25.5 Å². The fourth-order valence-corrected chi connectivity index (χ4v) is 2.17. The van der Waals surface area contributed by atoms with Crippen LogP contribution in [0.25, 0.3) is 0 Å². The first-order valence-electron chi connectivity index (χ1n) is 8.57. The van der Waals surface area contributed by atoms with E-state index < -0.39 is 6.09 Å². The van der Waals surface area contributed by atoms with Crippen molar-refractivity contribution in [2.45, 2.75) is 32.6 Å². The van der Waals surface area contributed by atoms with Crippen molar-refractivity contribution in [1.29, 1.82) is 0 Å². The van der Waals surface area contributed by atoms with Gasteiger partial charge in [-0.15, -0.1) is 0 Å². The zero-order chi connectivity index (χ0) is 17.7. The van der Waals surface area contributed by atoms with Crippen molar-refractivity contribution in [1.82, 2.24) is 0 Å². The molecule has 0 heterocycles. The largest absolute Gasteiger partial charge is 0.494 e. The molecule has 25 heavy (non-hydrogen) atoms. The number of carbonyl (C=O) groups excluding carboxylic acids is 1. The summed E-state index contributed by atoms with van der Waals surface area (Å²) in [6.07, 6.45) is 5.54. The van der Waals surface area contributed by atoms with Gasteiger partial charge in [-0.2, -0.15) is 0 Å². The average Bonchev–Trinajstić information content (AvgIpc) is 2.64. The minimum atomic E-state index is -0.639. The fourth-order valence-electron chi connectivity index (χ4n) is 2.17. The van der Waals surface area contributed by atoms with Gasteiger partial charge in [-0.1, -0.05) is 61.7 Å². The van der Waals surface area contributed by atoms with Gasteiger partial charge in [-0.05, 0) is 36.2 Å². The van der Waals surface area contributed by atoms with E-state index in [4.69, 9.17) is 9.57 Å². The van der Waals surface area contributed by atoms with Gasteiger partial charge in [0.05, 0.1) is 12.8 Å². The van der Waals surface area contributed by atoms with E-state index in [2.05, 4.69) is 17.4 Å². The van der Waals surface area contributed by atoms with Gasteiger partial charge in [-0.25, -0.2) is 4.79 Å². The minimum absolute atomic E-state index is 0.623. The molecule has 0 fully saturated rings. The molecule has 0 unspecified atom stereocenters. The monoisotopic (exact) mass is 340 g/mol. The summed E-state index contributed by atoms with van der Waals surface area (Å²) < 4.78 is 5.66. The first kappa shape index (κ1) is 18.5. The summed E-state index contributed by atoms with van der Waals surface area (Å²) in [7, 11) is 0. The number of benzene rings is 2. The van der Waals surface area contributed by atoms with Crippen LogP contribution in [0.15, 0.2) is 59.8 Å². The van der Waals surface area contributed by atoms with Gasteiger partial charge in [0, 0.05) is 5.69 Å². The van der Waals surface area contributed by atoms with Crippen LogP contribution in [0.5, 0.6) is 5.75 Å². The number of oxime groups is 1. The van der Waals surface area contributed by atoms with Crippen molar-refractivity contribution in [2.75, 3.05) is 11.9 Å². The fraction of sp³-hybridized carbons (Fsp3) is 0.300. The molecule has 0 saturated heterocycles. The molecule has 5 heteroatoms. The molecule has 1 N–H and O–H groups in total. The molecule has 0 aliphatic rings. The third-order valence-electron chi connectivity index (χ3n) is 3.50. The molecule has 2 aromatic carbocycles. The first-order chi connectivity index (χ1) is 12.3. The summed E-state index contributed by atoms with van der Waals surface area (Å²) in [4.78, 5) is 16.5. The zero-order valence-electron chi connectivity index (χ0n) is 14.5. The molecule has 0 atom stereocenters. The van der Waals surface area contributed by atoms with E-state index in [0.29, 0.717) is 12.3 Å². The number of ether oxygens (including phenoxy) is 1. The molecular weight excluding hydrogens is 316 g/mol. The van der Waals surface area contributed by atoms with E-state index in [-0.39, 0.29) is 0 Å². The van der Waals surface area contributed by atoms with Crippen molar-refractivity contribution in [3.05, 3.63) is 60.2 Å². The van der Waals surface area contributed by atoms with Crippen LogP contribution in [-0.2, 0) is 4.84 Å². The first-order valence-corrected chi connectivity index (χ1v) is 8.57. The van der Waals surface area contributed by atoms with Gasteiger partial charge in [0.15, 0.2) is 0 Å². The maximum absolute atomic E-state index is 11.7. The highest BCUT2D eigenvalue weighted by atomic mass is 16.7. The molecular formula is C20H24N2O3. The van der Waals surface area contributed by atoms with Crippen molar-refractivity contribution >= 4 is 18.0 Å². The minimum Gasteiger partial charge on any atom is -0.494 e. The summed E-state index contributed by atoms with van der Waals surface area (Å²) in [6, 6.07) is 16.6. The summed E-state index contributed by atoms with van der Waals surface area (Å²) in [5, 5.41) is 6.27. The van der Waals surface area contributed by atoms with Crippen LogP contribution in [0.1, 0.15) is 38.2 Å². The molecule has 2 rings (SSSR count). The van der Waals surface area contributed by atoms with Crippen LogP contribution >= 0.6 is 0 Å². The van der Waals surface area contributed by atoms with Crippen LogP contribution in [0, 0.1) is 0 Å². The quantitative estimate of drug-likeness (QED) is 0.294. The number of rotatable bonds is 9. The molecule has 0 spiro atoms. The molecule has 132 valence electrons. The van der Waals surface area contributed by atoms with Crippen LogP contribution in [0.4, 0.5) is 10.5 Å². The van der Waals surface area contributed by atoms with Crippen LogP contribution < -0.4 is 10.1 Å². The Morgan fingerprint density at radius 3 is 2.52 bits per heavy atom. The van der Waals surface area contributed by atoms with E-state index in [0.717, 1.165) is 17.7 Å². The predicted molar refractivity (Wildman–Crippen MR) is 100 cm³/mol. The second kappa shape index (κ2) is 10.9. The maximum atomic E-state index is 11.7. The number of hydrogen-bond donors (Lipinski definition) is 1. The Hall–Kier alpha value is -2.82. The number of nitrogens with zero attached hydrogens (tertiary/aromatic N) is 1. The number of nitrogens with one attached hydrogen (secondary N) is 1. The van der Waals surface area contributed by atoms with Gasteiger partial charge in [-0.3, -0.25) is 10.2 Å². The maximum Gasteiger partial charge on any atom is 0.437 e. The number of anilines is 1. The van der Waals surface area contributed by atoms with Crippen molar-refractivity contribution < 1.29 is 14.4 Å². The SMILES string of the molecule is CCCCCCOc1ccc(NC(=O)O/N=C/c2ccccc2)cc1. The molecule has 5 nitrogen and oxygen atoms in total. The van der Waals surface area contributed by atoms with Gasteiger partial charge in [0.1, 0.15) is 5.75 Å². The molecule has 0 bridgehead atoms. The summed E-state index contributed by atoms with van der Waals surface area (Å²) in [5.41, 5.74) is 1.48. The molecule has 0 aliphatic carbocycles. The van der Waals surface area contributed by atoms with Gasteiger partial charge in [0.2, 0.25) is 0 Å². The van der Waals surface area contributed by atoms with Crippen LogP contribution in [0.2, 0.25) is 0 Å². The smallest absolute Gasteiger partial charge is 0.437 e. The Bertz CT molecular complexity index is 654. The number of hydrogen-bond acceptors (Lipinski definition) is 4. The molecule has 0 saturated carbocycles. The van der Waals surface area contributed by atoms with Gasteiger partial charge in [0.25, 0.3) is 0 Å². The van der Waals surface area contributed by atoms with Crippen molar-refractivity contribution in [3.8, 4) is 5.75 Å². The van der Waals surface area contributed by atoms with Crippen molar-refractivity contribution in [2.24, 2.45) is 5.16 Å². The second-order valence-corrected chi connectivity index (χ2v) is 5.58. The number of unbranched alkanes of at least 4 members (excludes halogenated alkanes) is 3. The highest BCUT2D eigenvalue weighted by molar-refractivity contribution is 5.85. The third-order valence-corrected chi connectivity index (χ3v) is 3.50. The Kier molecular flexibility index (Phi) is 8.05. The zero-order valence-corrected chi connectivity index (χ0v) is 14.5. The van der Waals surface area contributed by atoms with Gasteiger partial charge < -0.3 is 4.74 Å². The van der Waals surface area contributed by atoms with Crippen LogP contribution in [-0.4, -0.2) is 18.9 Å². The molecule has 2 aromatic rings. The molecule has 0 aliphatic heterocycles. The van der Waals surface area contributed by atoms with Crippen LogP contribution in [0.3, 0.4) is 0 Å². The summed E-state index contributed by atoms with van der Waals surface area (Å²) >= 11 is 0. The highest BCUT2D eigenvalue weighted by Crippen LogP contribution is 2.16. The second-order valence-electron chi connectivity index (χ2n) is 5.58. The Balaban J connectivity index is 1.71.